The van der Waals surface area contributed by atoms with Crippen LogP contribution in [0.15, 0.2) is 12.7 Å². The minimum Gasteiger partial charge on any atom is -0.394 e. The molecule has 0 radical (unpaired) electrons. The van der Waals surface area contributed by atoms with Crippen LogP contribution in [0.3, 0.4) is 0 Å². The summed E-state index contributed by atoms with van der Waals surface area (Å²) in [7, 11) is 0. The number of H-pyrrole nitrogens is 1. The largest absolute Gasteiger partial charge is 0.394 e. The van der Waals surface area contributed by atoms with E-state index in [9.17, 15) is 0 Å². The fourth-order valence-corrected chi connectivity index (χ4v) is 1.23. The van der Waals surface area contributed by atoms with E-state index in [4.69, 9.17) is 15.6 Å². The van der Waals surface area contributed by atoms with Gasteiger partial charge in [-0.15, -0.1) is 0 Å². The van der Waals surface area contributed by atoms with Gasteiger partial charge in [-0.05, 0) is 0 Å². The second kappa shape index (κ2) is 4.20. The number of anilines is 1. The molecule has 0 aliphatic rings. The second-order valence-electron chi connectivity index (χ2n) is 2.96. The van der Waals surface area contributed by atoms with Crippen molar-refractivity contribution in [1.82, 2.24) is 15.0 Å². The van der Waals surface area contributed by atoms with Crippen molar-refractivity contribution in [2.75, 3.05) is 18.9 Å². The van der Waals surface area contributed by atoms with Gasteiger partial charge in [0.15, 0.2) is 12.2 Å². The van der Waals surface area contributed by atoms with Gasteiger partial charge < -0.3 is 20.6 Å². The molecular formula is C8H12N5O2+. The Kier molecular flexibility index (Phi) is 2.75. The first-order valence-electron chi connectivity index (χ1n) is 4.48. The molecule has 15 heavy (non-hydrogen) atoms. The Morgan fingerprint density at radius 1 is 1.53 bits per heavy atom. The standard InChI is InChI=1S/C8H11N5O2/c9-7-6-8(11-3-10-6)12-4-13(7)5-15-2-1-14/h3-4,14H,1-2,5H2,(H2,9,10,11)/p+1. The Morgan fingerprint density at radius 3 is 3.20 bits per heavy atom. The number of fused-ring (bicyclic) bond motifs is 1. The minimum atomic E-state index is -0.0137. The highest BCUT2D eigenvalue weighted by Gasteiger charge is 2.12. The molecule has 0 atom stereocenters. The quantitative estimate of drug-likeness (QED) is 0.434. The molecule has 7 nitrogen and oxygen atoms in total. The molecule has 80 valence electrons. The highest BCUT2D eigenvalue weighted by atomic mass is 16.5. The topological polar surface area (TPSA) is 101 Å². The van der Waals surface area contributed by atoms with Crippen LogP contribution < -0.4 is 10.3 Å². The number of hydrogen-bond acceptors (Lipinski definition) is 5. The predicted octanol–water partition coefficient (Wildman–Crippen LogP) is -1.21. The highest BCUT2D eigenvalue weighted by Crippen LogP contribution is 2.08. The molecule has 2 rings (SSSR count). The lowest BCUT2D eigenvalue weighted by molar-refractivity contribution is -0.721. The van der Waals surface area contributed by atoms with Gasteiger partial charge in [0, 0.05) is 0 Å². The van der Waals surface area contributed by atoms with Crippen molar-refractivity contribution in [3.63, 3.8) is 0 Å². The normalized spacial score (nSPS) is 11.0. The van der Waals surface area contributed by atoms with Gasteiger partial charge in [0.25, 0.3) is 11.5 Å². The number of imidazole rings is 1. The van der Waals surface area contributed by atoms with E-state index < -0.39 is 0 Å². The van der Waals surface area contributed by atoms with Gasteiger partial charge in [0.2, 0.25) is 6.33 Å². The van der Waals surface area contributed by atoms with Crippen LogP contribution in [-0.2, 0) is 11.5 Å². The number of rotatable bonds is 4. The summed E-state index contributed by atoms with van der Waals surface area (Å²) in [4.78, 5) is 10.9. The third kappa shape index (κ3) is 1.88. The summed E-state index contributed by atoms with van der Waals surface area (Å²) in [5, 5.41) is 8.55. The fraction of sp³-hybridized carbons (Fsp3) is 0.375. The van der Waals surface area contributed by atoms with E-state index in [1.54, 1.807) is 10.9 Å². The number of nitrogens with two attached hydrogens (primary N) is 1. The van der Waals surface area contributed by atoms with Crippen LogP contribution in [0.4, 0.5) is 5.82 Å². The van der Waals surface area contributed by atoms with Crippen molar-refractivity contribution < 1.29 is 14.4 Å². The summed E-state index contributed by atoms with van der Waals surface area (Å²) in [5.41, 5.74) is 7.12. The Labute approximate surface area is 85.5 Å². The van der Waals surface area contributed by atoms with Crippen molar-refractivity contribution in [3.8, 4) is 0 Å². The molecule has 0 saturated heterocycles. The lowest BCUT2D eigenvalue weighted by atomic mass is 10.5. The third-order valence-corrected chi connectivity index (χ3v) is 1.97. The Hall–Kier alpha value is -1.73. The number of hydrogen-bond donors (Lipinski definition) is 3. The third-order valence-electron chi connectivity index (χ3n) is 1.97. The van der Waals surface area contributed by atoms with Gasteiger partial charge in [0.05, 0.1) is 19.5 Å². The van der Waals surface area contributed by atoms with E-state index in [1.165, 1.54) is 6.33 Å². The molecule has 2 heterocycles. The zero-order valence-electron chi connectivity index (χ0n) is 8.05. The van der Waals surface area contributed by atoms with Crippen LogP contribution in [0.1, 0.15) is 0 Å². The number of aromatic nitrogens is 4. The molecular weight excluding hydrogens is 198 g/mol. The molecule has 0 amide bonds. The molecule has 0 aromatic carbocycles. The van der Waals surface area contributed by atoms with Gasteiger partial charge in [-0.3, -0.25) is 0 Å². The number of nitrogens with zero attached hydrogens (tertiary/aromatic N) is 3. The van der Waals surface area contributed by atoms with Gasteiger partial charge in [-0.1, -0.05) is 4.98 Å². The maximum atomic E-state index is 8.55. The Balaban J connectivity index is 2.23. The first-order chi connectivity index (χ1) is 7.33. The second-order valence-corrected chi connectivity index (χ2v) is 2.96. The molecule has 0 spiro atoms. The predicted molar refractivity (Wildman–Crippen MR) is 51.5 cm³/mol. The van der Waals surface area contributed by atoms with Crippen molar-refractivity contribution in [3.05, 3.63) is 12.7 Å². The molecule has 0 unspecified atom stereocenters. The lowest BCUT2D eigenvalue weighted by Crippen LogP contribution is -2.39. The Morgan fingerprint density at radius 2 is 2.40 bits per heavy atom. The fourth-order valence-electron chi connectivity index (χ4n) is 1.23. The SMILES string of the molecule is Nc1c2[nH]cnc2nc[n+]1COCCO. The molecule has 0 aliphatic carbocycles. The zero-order chi connectivity index (χ0) is 10.7. The van der Waals surface area contributed by atoms with Crippen molar-refractivity contribution >= 4 is 17.0 Å². The highest BCUT2D eigenvalue weighted by molar-refractivity contribution is 5.78. The van der Waals surface area contributed by atoms with Crippen LogP contribution >= 0.6 is 0 Å². The van der Waals surface area contributed by atoms with Crippen LogP contribution in [0, 0.1) is 0 Å². The van der Waals surface area contributed by atoms with Crippen LogP contribution in [0.25, 0.3) is 11.2 Å². The number of aromatic amines is 1. The van der Waals surface area contributed by atoms with Gasteiger partial charge in [0.1, 0.15) is 0 Å². The van der Waals surface area contributed by atoms with E-state index in [-0.39, 0.29) is 19.9 Å². The van der Waals surface area contributed by atoms with E-state index >= 15 is 0 Å². The zero-order valence-corrected chi connectivity index (χ0v) is 8.05. The van der Waals surface area contributed by atoms with Gasteiger partial charge in [-0.2, -0.15) is 0 Å². The van der Waals surface area contributed by atoms with Gasteiger partial charge >= 0.3 is 0 Å². The molecule has 4 N–H and O–H groups in total. The number of nitrogen functional groups attached to an aromatic ring is 1. The monoisotopic (exact) mass is 210 g/mol. The summed E-state index contributed by atoms with van der Waals surface area (Å²) in [6.07, 6.45) is 3.09. The molecule has 2 aromatic heterocycles. The van der Waals surface area contributed by atoms with E-state index in [0.717, 1.165) is 0 Å². The van der Waals surface area contributed by atoms with E-state index in [0.29, 0.717) is 17.0 Å². The number of aliphatic hydroxyl groups excluding tert-OH is 1. The molecule has 0 saturated carbocycles. The van der Waals surface area contributed by atoms with Crippen molar-refractivity contribution in [1.29, 1.82) is 0 Å². The molecule has 0 fully saturated rings. The number of nitrogens with one attached hydrogen (secondary N) is 1. The van der Waals surface area contributed by atoms with E-state index in [1.807, 2.05) is 0 Å². The summed E-state index contributed by atoms with van der Waals surface area (Å²) < 4.78 is 6.77. The number of aliphatic hydroxyl groups is 1. The molecule has 2 aromatic rings. The van der Waals surface area contributed by atoms with E-state index in [2.05, 4.69) is 15.0 Å². The average molecular weight is 210 g/mol. The van der Waals surface area contributed by atoms with Crippen molar-refractivity contribution in [2.24, 2.45) is 0 Å². The minimum absolute atomic E-state index is 0.0137. The summed E-state index contributed by atoms with van der Waals surface area (Å²) in [6.45, 7) is 0.516. The summed E-state index contributed by atoms with van der Waals surface area (Å²) >= 11 is 0. The smallest absolute Gasteiger partial charge is 0.260 e. The van der Waals surface area contributed by atoms with Crippen molar-refractivity contribution in [2.45, 2.75) is 6.73 Å². The lowest BCUT2D eigenvalue weighted by Gasteiger charge is -2.03. The van der Waals surface area contributed by atoms with Crippen LogP contribution in [-0.4, -0.2) is 33.3 Å². The summed E-state index contributed by atoms with van der Waals surface area (Å²) in [6, 6.07) is 0. The first-order valence-corrected chi connectivity index (χ1v) is 4.48. The summed E-state index contributed by atoms with van der Waals surface area (Å²) in [5.74, 6) is 0.510. The molecule has 0 bridgehead atoms. The Bertz CT molecular complexity index is 455. The maximum absolute atomic E-state index is 8.55. The molecule has 0 aliphatic heterocycles. The molecule has 7 heteroatoms. The first kappa shape index (κ1) is 9.81. The average Bonchev–Trinajstić information content (AvgIpc) is 2.70. The van der Waals surface area contributed by atoms with Gasteiger partial charge in [-0.25, -0.2) is 9.55 Å². The van der Waals surface area contributed by atoms with Crippen LogP contribution in [0.2, 0.25) is 0 Å². The van der Waals surface area contributed by atoms with Crippen LogP contribution in [0.5, 0.6) is 0 Å². The maximum Gasteiger partial charge on any atom is 0.260 e. The number of ether oxygens (including phenoxy) is 1.